The molecule has 0 atom stereocenters. The summed E-state index contributed by atoms with van der Waals surface area (Å²) < 4.78 is 6.63. The quantitative estimate of drug-likeness (QED) is 0.197. The number of aromatic nitrogens is 3. The Kier molecular flexibility index (Phi) is 6.18. The average molecular weight is 629 g/mol. The van der Waals surface area contributed by atoms with Crippen LogP contribution in [0.1, 0.15) is 11.3 Å². The largest absolute Gasteiger partial charge is 0.458 e. The third kappa shape index (κ3) is 4.51. The van der Waals surface area contributed by atoms with Crippen molar-refractivity contribution in [1.82, 2.24) is 20.3 Å². The highest BCUT2D eigenvalue weighted by molar-refractivity contribution is 6.21. The topological polar surface area (TPSA) is 63.8 Å². The van der Waals surface area contributed by atoms with Gasteiger partial charge in [0, 0.05) is 27.6 Å². The molecule has 7 aromatic carbocycles. The summed E-state index contributed by atoms with van der Waals surface area (Å²) >= 11 is 0. The fourth-order valence-electron chi connectivity index (χ4n) is 7.26. The molecule has 5 nitrogen and oxygen atoms in total. The highest BCUT2D eigenvalue weighted by atomic mass is 16.3. The fourth-order valence-corrected chi connectivity index (χ4v) is 7.26. The van der Waals surface area contributed by atoms with Crippen LogP contribution in [-0.2, 0) is 6.54 Å². The van der Waals surface area contributed by atoms with Gasteiger partial charge in [-0.15, -0.1) is 0 Å². The molecule has 0 bridgehead atoms. The molecule has 5 heteroatoms. The van der Waals surface area contributed by atoms with Crippen LogP contribution in [0.15, 0.2) is 150 Å². The van der Waals surface area contributed by atoms with Crippen LogP contribution in [0, 0.1) is 0 Å². The van der Waals surface area contributed by atoms with E-state index in [0.29, 0.717) is 24.0 Å². The minimum atomic E-state index is 0.602. The predicted molar refractivity (Wildman–Crippen MR) is 200 cm³/mol. The lowest BCUT2D eigenvalue weighted by atomic mass is 9.89. The van der Waals surface area contributed by atoms with Gasteiger partial charge in [-0.25, -0.2) is 15.0 Å². The Bertz CT molecular complexity index is 2710. The van der Waals surface area contributed by atoms with E-state index in [-0.39, 0.29) is 0 Å². The summed E-state index contributed by atoms with van der Waals surface area (Å²) in [5, 5.41) is 11.6. The number of rotatable bonds is 4. The molecule has 0 unspecified atom stereocenters. The molecule has 0 fully saturated rings. The molecule has 230 valence electrons. The van der Waals surface area contributed by atoms with Gasteiger partial charge in [0.1, 0.15) is 11.3 Å². The first-order valence-corrected chi connectivity index (χ1v) is 16.5. The van der Waals surface area contributed by atoms with E-state index in [1.807, 2.05) is 66.9 Å². The predicted octanol–water partition coefficient (Wildman–Crippen LogP) is 10.8. The Hall–Kier alpha value is -6.59. The number of nitrogens with one attached hydrogen (secondary N) is 1. The van der Waals surface area contributed by atoms with Crippen LogP contribution in [0.3, 0.4) is 0 Å². The maximum absolute atomic E-state index is 6.63. The maximum atomic E-state index is 6.63. The van der Waals surface area contributed by atoms with Crippen molar-refractivity contribution in [1.29, 1.82) is 0 Å². The fraction of sp³-hybridized carbons (Fsp3) is 0.0227. The molecule has 0 radical (unpaired) electrons. The monoisotopic (exact) mass is 628 g/mol. The first-order chi connectivity index (χ1) is 24.3. The number of benzene rings is 7. The van der Waals surface area contributed by atoms with E-state index in [2.05, 4.69) is 90.3 Å². The van der Waals surface area contributed by atoms with Gasteiger partial charge in [0.15, 0.2) is 17.5 Å². The van der Waals surface area contributed by atoms with E-state index in [0.717, 1.165) is 50.1 Å². The average Bonchev–Trinajstić information content (AvgIpc) is 3.56. The third-order valence-corrected chi connectivity index (χ3v) is 9.55. The lowest BCUT2D eigenvalue weighted by Crippen LogP contribution is -2.08. The van der Waals surface area contributed by atoms with Crippen LogP contribution in [0.5, 0.6) is 0 Å². The van der Waals surface area contributed by atoms with Gasteiger partial charge < -0.3 is 9.73 Å². The number of nitrogens with zero attached hydrogens (tertiary/aromatic N) is 3. The minimum absolute atomic E-state index is 0.602. The molecule has 1 aliphatic rings. The highest BCUT2D eigenvalue weighted by Gasteiger charge is 2.23. The Morgan fingerprint density at radius 3 is 1.88 bits per heavy atom. The van der Waals surface area contributed by atoms with Gasteiger partial charge in [0.05, 0.1) is 6.54 Å². The smallest absolute Gasteiger partial charge is 0.164 e. The standard InChI is InChI=1S/C44H28N4O/c1-3-12-28(13-4-1)42-46-43(29-14-5-2-6-15-29)48-44(47-42)38-23-30(24-39-41(38)35-21-22-45-26-40(35)49-39)36-25-37-31-16-8-7-11-27(31)19-20-34(37)32-17-9-10-18-33(32)36/h1-25,45H,26H2. The van der Waals surface area contributed by atoms with Crippen molar-refractivity contribution in [3.8, 4) is 45.3 Å². The molecular weight excluding hydrogens is 601 g/mol. The van der Waals surface area contributed by atoms with Gasteiger partial charge in [-0.05, 0) is 73.9 Å². The van der Waals surface area contributed by atoms with E-state index < -0.39 is 0 Å². The van der Waals surface area contributed by atoms with Crippen molar-refractivity contribution in [2.45, 2.75) is 6.54 Å². The molecule has 9 aromatic rings. The van der Waals surface area contributed by atoms with E-state index in [1.165, 1.54) is 32.3 Å². The zero-order valence-electron chi connectivity index (χ0n) is 26.4. The third-order valence-electron chi connectivity index (χ3n) is 9.55. The summed E-state index contributed by atoms with van der Waals surface area (Å²) in [5.41, 5.74) is 6.79. The van der Waals surface area contributed by atoms with Crippen molar-refractivity contribution in [3.63, 3.8) is 0 Å². The summed E-state index contributed by atoms with van der Waals surface area (Å²) in [6, 6.07) is 48.7. The molecule has 10 rings (SSSR count). The number of hydrogen-bond acceptors (Lipinski definition) is 5. The zero-order chi connectivity index (χ0) is 32.3. The van der Waals surface area contributed by atoms with Gasteiger partial charge in [0.25, 0.3) is 0 Å². The molecule has 0 amide bonds. The molecule has 2 aromatic heterocycles. The summed E-state index contributed by atoms with van der Waals surface area (Å²) in [4.78, 5) is 15.3. The van der Waals surface area contributed by atoms with Crippen LogP contribution < -0.4 is 5.32 Å². The Morgan fingerprint density at radius 2 is 1.12 bits per heavy atom. The zero-order valence-corrected chi connectivity index (χ0v) is 26.4. The molecule has 0 aliphatic carbocycles. The summed E-state index contributed by atoms with van der Waals surface area (Å²) in [7, 11) is 0. The number of hydrogen-bond donors (Lipinski definition) is 1. The molecule has 3 heterocycles. The Labute approximate surface area is 282 Å². The van der Waals surface area contributed by atoms with Crippen LogP contribution in [0.4, 0.5) is 0 Å². The van der Waals surface area contributed by atoms with Crippen molar-refractivity contribution >= 4 is 49.4 Å². The van der Waals surface area contributed by atoms with Gasteiger partial charge in [-0.3, -0.25) is 0 Å². The molecule has 1 N–H and O–H groups in total. The summed E-state index contributed by atoms with van der Waals surface area (Å²) in [6.07, 6.45) is 4.07. The Morgan fingerprint density at radius 1 is 0.490 bits per heavy atom. The van der Waals surface area contributed by atoms with Crippen LogP contribution in [-0.4, -0.2) is 15.0 Å². The van der Waals surface area contributed by atoms with E-state index >= 15 is 0 Å². The van der Waals surface area contributed by atoms with Crippen molar-refractivity contribution in [3.05, 3.63) is 157 Å². The van der Waals surface area contributed by atoms with Gasteiger partial charge in [-0.2, -0.15) is 0 Å². The van der Waals surface area contributed by atoms with Crippen molar-refractivity contribution < 1.29 is 4.42 Å². The second-order valence-electron chi connectivity index (χ2n) is 12.4. The molecule has 0 spiro atoms. The molecule has 0 saturated carbocycles. The van der Waals surface area contributed by atoms with Crippen molar-refractivity contribution in [2.24, 2.45) is 0 Å². The van der Waals surface area contributed by atoms with E-state index in [4.69, 9.17) is 19.4 Å². The normalized spacial score (nSPS) is 12.5. The van der Waals surface area contributed by atoms with Crippen LogP contribution >= 0.6 is 0 Å². The first-order valence-electron chi connectivity index (χ1n) is 16.5. The lowest BCUT2D eigenvalue weighted by molar-refractivity contribution is 0.532. The summed E-state index contributed by atoms with van der Waals surface area (Å²) in [5.74, 6) is 2.75. The molecule has 1 aliphatic heterocycles. The van der Waals surface area contributed by atoms with Gasteiger partial charge in [0.2, 0.25) is 0 Å². The SMILES string of the molecule is C1=Cc2c(oc3cc(-c4cc5c6ccccc6ccc5c5ccccc45)cc(-c4nc(-c5ccccc5)nc(-c5ccccc5)n4)c23)CN1. The molecule has 0 saturated heterocycles. The van der Waals surface area contributed by atoms with Crippen molar-refractivity contribution in [2.75, 3.05) is 0 Å². The number of furan rings is 1. The first kappa shape index (κ1) is 27.5. The second-order valence-corrected chi connectivity index (χ2v) is 12.4. The highest BCUT2D eigenvalue weighted by Crippen LogP contribution is 2.43. The molecule has 49 heavy (non-hydrogen) atoms. The summed E-state index contributed by atoms with van der Waals surface area (Å²) in [6.45, 7) is 0.613. The van der Waals surface area contributed by atoms with E-state index in [9.17, 15) is 0 Å². The van der Waals surface area contributed by atoms with Gasteiger partial charge in [-0.1, -0.05) is 121 Å². The maximum Gasteiger partial charge on any atom is 0.164 e. The van der Waals surface area contributed by atoms with E-state index in [1.54, 1.807) is 0 Å². The Balaban J connectivity index is 1.30. The minimum Gasteiger partial charge on any atom is -0.458 e. The second kappa shape index (κ2) is 11.0. The lowest BCUT2D eigenvalue weighted by Gasteiger charge is -2.15. The molecular formula is C44H28N4O. The van der Waals surface area contributed by atoms with Gasteiger partial charge >= 0.3 is 0 Å². The number of fused-ring (bicyclic) bond motifs is 8. The van der Waals surface area contributed by atoms with Crippen LogP contribution in [0.2, 0.25) is 0 Å². The van der Waals surface area contributed by atoms with Crippen LogP contribution in [0.25, 0.3) is 94.7 Å².